The van der Waals surface area contributed by atoms with E-state index in [0.29, 0.717) is 18.1 Å². The van der Waals surface area contributed by atoms with Crippen molar-refractivity contribution in [3.8, 4) is 0 Å². The lowest BCUT2D eigenvalue weighted by atomic mass is 9.98. The van der Waals surface area contributed by atoms with Gasteiger partial charge in [0.25, 0.3) is 5.91 Å². The van der Waals surface area contributed by atoms with Crippen LogP contribution in [-0.4, -0.2) is 38.3 Å². The zero-order valence-electron chi connectivity index (χ0n) is 13.6. The van der Waals surface area contributed by atoms with E-state index in [1.165, 1.54) is 0 Å². The van der Waals surface area contributed by atoms with Crippen LogP contribution in [0.1, 0.15) is 46.5 Å². The fraction of sp³-hybridized carbons (Fsp3) is 0.500. The summed E-state index contributed by atoms with van der Waals surface area (Å²) in [6.45, 7) is 4.33. The van der Waals surface area contributed by atoms with E-state index in [1.807, 2.05) is 20.2 Å². The van der Waals surface area contributed by atoms with E-state index in [1.54, 1.807) is 23.9 Å². The van der Waals surface area contributed by atoms with Gasteiger partial charge < -0.3 is 10.1 Å². The van der Waals surface area contributed by atoms with E-state index >= 15 is 0 Å². The Balaban J connectivity index is 1.77. The van der Waals surface area contributed by atoms with Crippen molar-refractivity contribution < 1.29 is 9.53 Å². The Labute approximate surface area is 135 Å². The lowest BCUT2D eigenvalue weighted by Gasteiger charge is -2.31. The van der Waals surface area contributed by atoms with Crippen LogP contribution in [0, 0.1) is 13.8 Å². The first kappa shape index (κ1) is 15.6. The van der Waals surface area contributed by atoms with Crippen LogP contribution in [0.4, 0.5) is 0 Å². The van der Waals surface area contributed by atoms with E-state index in [-0.39, 0.29) is 18.1 Å². The second-order valence-electron chi connectivity index (χ2n) is 5.90. The summed E-state index contributed by atoms with van der Waals surface area (Å²) in [4.78, 5) is 20.9. The van der Waals surface area contributed by atoms with Crippen molar-refractivity contribution in [2.24, 2.45) is 7.05 Å². The van der Waals surface area contributed by atoms with Crippen LogP contribution in [0.25, 0.3) is 0 Å². The van der Waals surface area contributed by atoms with Crippen LogP contribution in [0.15, 0.2) is 18.5 Å². The monoisotopic (exact) mass is 315 g/mol. The number of hydrogen-bond donors (Lipinski definition) is 1. The van der Waals surface area contributed by atoms with Crippen molar-refractivity contribution in [2.75, 3.05) is 6.61 Å². The summed E-state index contributed by atoms with van der Waals surface area (Å²) in [5.41, 5.74) is 2.16. The summed E-state index contributed by atoms with van der Waals surface area (Å²) in [5, 5.41) is 7.25. The van der Waals surface area contributed by atoms with Crippen LogP contribution in [0.5, 0.6) is 0 Å². The number of carbonyl (C=O) groups is 1. The summed E-state index contributed by atoms with van der Waals surface area (Å²) < 4.78 is 7.61. The number of amides is 1. The summed E-state index contributed by atoms with van der Waals surface area (Å²) >= 11 is 0. The number of nitrogens with one attached hydrogen (secondary N) is 1. The highest BCUT2D eigenvalue weighted by molar-refractivity contribution is 5.92. The molecular weight excluding hydrogens is 294 g/mol. The first-order chi connectivity index (χ1) is 11.0. The molecule has 1 N–H and O–H groups in total. The van der Waals surface area contributed by atoms with Crippen LogP contribution in [-0.2, 0) is 11.8 Å². The van der Waals surface area contributed by atoms with Crippen LogP contribution < -0.4 is 5.32 Å². The number of carbonyl (C=O) groups excluding carboxylic acids is 1. The molecule has 0 bridgehead atoms. The van der Waals surface area contributed by atoms with Crippen molar-refractivity contribution in [3.63, 3.8) is 0 Å². The molecule has 0 saturated carbocycles. The summed E-state index contributed by atoms with van der Waals surface area (Å²) in [6, 6.07) is 1.61. The summed E-state index contributed by atoms with van der Waals surface area (Å²) in [6.07, 6.45) is 5.32. The Hall–Kier alpha value is -2.28. The molecule has 0 spiro atoms. The molecule has 2 aromatic rings. The maximum Gasteiger partial charge on any atom is 0.270 e. The molecule has 0 unspecified atom stereocenters. The second-order valence-corrected chi connectivity index (χ2v) is 5.90. The molecule has 7 heteroatoms. The highest BCUT2D eigenvalue weighted by Crippen LogP contribution is 2.28. The lowest BCUT2D eigenvalue weighted by Crippen LogP contribution is -2.43. The summed E-state index contributed by atoms with van der Waals surface area (Å²) in [5.74, 6) is 0.404. The number of rotatable bonds is 3. The number of nitrogens with zero attached hydrogens (tertiary/aromatic N) is 4. The van der Waals surface area contributed by atoms with Gasteiger partial charge in [0.2, 0.25) is 0 Å². The molecule has 0 radical (unpaired) electrons. The predicted octanol–water partition coefficient (Wildman–Crippen LogP) is 1.48. The molecule has 3 rings (SSSR count). The minimum atomic E-state index is -0.192. The number of hydrogen-bond acceptors (Lipinski definition) is 5. The molecule has 3 heterocycles. The fourth-order valence-corrected chi connectivity index (χ4v) is 2.92. The first-order valence-corrected chi connectivity index (χ1v) is 7.76. The van der Waals surface area contributed by atoms with Gasteiger partial charge in [-0.25, -0.2) is 9.97 Å². The van der Waals surface area contributed by atoms with Crippen LogP contribution >= 0.6 is 0 Å². The first-order valence-electron chi connectivity index (χ1n) is 7.76. The molecule has 2 atom stereocenters. The van der Waals surface area contributed by atoms with Gasteiger partial charge >= 0.3 is 0 Å². The van der Waals surface area contributed by atoms with Gasteiger partial charge in [0, 0.05) is 31.1 Å². The molecular formula is C16H21N5O2. The minimum absolute atomic E-state index is 0.0870. The van der Waals surface area contributed by atoms with E-state index in [4.69, 9.17) is 4.74 Å². The van der Waals surface area contributed by atoms with Gasteiger partial charge in [-0.3, -0.25) is 9.48 Å². The van der Waals surface area contributed by atoms with Gasteiger partial charge in [-0.05, 0) is 32.8 Å². The van der Waals surface area contributed by atoms with Crippen molar-refractivity contribution in [1.82, 2.24) is 25.1 Å². The van der Waals surface area contributed by atoms with Gasteiger partial charge in [0.1, 0.15) is 17.6 Å². The predicted molar refractivity (Wildman–Crippen MR) is 83.9 cm³/mol. The Bertz CT molecular complexity index is 692. The topological polar surface area (TPSA) is 81.9 Å². The molecule has 2 aromatic heterocycles. The van der Waals surface area contributed by atoms with Crippen molar-refractivity contribution >= 4 is 5.91 Å². The Morgan fingerprint density at radius 1 is 1.39 bits per heavy atom. The molecule has 1 aliphatic rings. The Morgan fingerprint density at radius 2 is 2.22 bits per heavy atom. The van der Waals surface area contributed by atoms with E-state index < -0.39 is 0 Å². The maximum absolute atomic E-state index is 12.5. The average molecular weight is 315 g/mol. The Morgan fingerprint density at radius 3 is 2.91 bits per heavy atom. The average Bonchev–Trinajstić information content (AvgIpc) is 2.93. The van der Waals surface area contributed by atoms with Crippen LogP contribution in [0.3, 0.4) is 0 Å². The highest BCUT2D eigenvalue weighted by Gasteiger charge is 2.30. The lowest BCUT2D eigenvalue weighted by molar-refractivity contribution is -0.00955. The van der Waals surface area contributed by atoms with Crippen molar-refractivity contribution in [3.05, 3.63) is 41.2 Å². The number of ether oxygens (including phenoxy) is 1. The zero-order chi connectivity index (χ0) is 16.4. The molecule has 1 amide bonds. The molecule has 0 aromatic carbocycles. The van der Waals surface area contributed by atoms with Gasteiger partial charge in [-0.2, -0.15) is 5.10 Å². The van der Waals surface area contributed by atoms with Gasteiger partial charge in [-0.15, -0.1) is 0 Å². The molecule has 1 saturated heterocycles. The maximum atomic E-state index is 12.5. The molecule has 1 fully saturated rings. The molecule has 7 nitrogen and oxygen atoms in total. The molecule has 122 valence electrons. The van der Waals surface area contributed by atoms with Gasteiger partial charge in [-0.1, -0.05) is 0 Å². The zero-order valence-corrected chi connectivity index (χ0v) is 13.6. The molecule has 0 aliphatic carbocycles. The summed E-state index contributed by atoms with van der Waals surface area (Å²) in [7, 11) is 1.87. The third-order valence-corrected chi connectivity index (χ3v) is 3.89. The van der Waals surface area contributed by atoms with Gasteiger partial charge in [0.05, 0.1) is 12.2 Å². The largest absolute Gasteiger partial charge is 0.371 e. The van der Waals surface area contributed by atoms with E-state index in [0.717, 1.165) is 24.1 Å². The number of aromatic nitrogens is 4. The minimum Gasteiger partial charge on any atom is -0.371 e. The van der Waals surface area contributed by atoms with Crippen molar-refractivity contribution in [1.29, 1.82) is 0 Å². The standard InChI is InChI=1S/C16H21N5O2/c1-10-7-14(19-11(2)18-10)16(22)20-13-5-4-6-23-15(13)12-8-17-21(3)9-12/h7-9,13,15H,4-6H2,1-3H3,(H,20,22)/t13-,15+/m0/s1. The normalized spacial score (nSPS) is 21.2. The SMILES string of the molecule is Cc1cc(C(=O)N[C@H]2CCCO[C@@H]2c2cnn(C)c2)nc(C)n1. The second kappa shape index (κ2) is 6.45. The Kier molecular flexibility index (Phi) is 4.38. The third kappa shape index (κ3) is 3.56. The quantitative estimate of drug-likeness (QED) is 0.927. The van der Waals surface area contributed by atoms with E-state index in [2.05, 4.69) is 20.4 Å². The molecule has 23 heavy (non-hydrogen) atoms. The third-order valence-electron chi connectivity index (χ3n) is 3.89. The van der Waals surface area contributed by atoms with Crippen LogP contribution in [0.2, 0.25) is 0 Å². The highest BCUT2D eigenvalue weighted by atomic mass is 16.5. The smallest absolute Gasteiger partial charge is 0.270 e. The van der Waals surface area contributed by atoms with Gasteiger partial charge in [0.15, 0.2) is 0 Å². The molecule has 1 aliphatic heterocycles. The van der Waals surface area contributed by atoms with Crippen molar-refractivity contribution in [2.45, 2.75) is 38.8 Å². The van der Waals surface area contributed by atoms with E-state index in [9.17, 15) is 4.79 Å². The fourth-order valence-electron chi connectivity index (χ4n) is 2.92. The number of aryl methyl sites for hydroxylation is 3.